The number of hydrogen-bond donors (Lipinski definition) is 0. The van der Waals surface area contributed by atoms with Crippen LogP contribution in [-0.2, 0) is 9.47 Å². The third-order valence-electron chi connectivity index (χ3n) is 3.77. The summed E-state index contributed by atoms with van der Waals surface area (Å²) < 4.78 is 10.8. The van der Waals surface area contributed by atoms with Crippen LogP contribution in [0.1, 0.15) is 38.1 Å². The number of rotatable bonds is 3. The minimum atomic E-state index is -0.589. The Labute approximate surface area is 145 Å². The molecule has 1 aromatic rings. The Morgan fingerprint density at radius 1 is 1.20 bits per heavy atom. The molecule has 1 aliphatic rings. The van der Waals surface area contributed by atoms with Crippen LogP contribution in [0, 0.1) is 16.0 Å². The number of benzene rings is 1. The number of hydrogen-bond acceptors (Lipinski definition) is 6. The van der Waals surface area contributed by atoms with Crippen molar-refractivity contribution >= 4 is 17.7 Å². The van der Waals surface area contributed by atoms with Gasteiger partial charge in [-0.15, -0.1) is 0 Å². The number of nitro benzene ring substituents is 1. The fourth-order valence-electron chi connectivity index (χ4n) is 2.49. The van der Waals surface area contributed by atoms with Gasteiger partial charge in [0, 0.05) is 24.6 Å². The number of amides is 1. The first kappa shape index (κ1) is 18.7. The Bertz CT molecular complexity index is 665. The molecule has 2 atom stereocenters. The van der Waals surface area contributed by atoms with E-state index >= 15 is 0 Å². The van der Waals surface area contributed by atoms with Crippen LogP contribution in [0.4, 0.5) is 10.5 Å². The molecular formula is C17H22N2O6. The van der Waals surface area contributed by atoms with Gasteiger partial charge in [-0.05, 0) is 32.9 Å². The molecule has 0 saturated carbocycles. The van der Waals surface area contributed by atoms with E-state index in [4.69, 9.17) is 9.47 Å². The minimum Gasteiger partial charge on any atom is -0.457 e. The highest BCUT2D eigenvalue weighted by Gasteiger charge is 2.37. The van der Waals surface area contributed by atoms with Crippen molar-refractivity contribution < 1.29 is 24.0 Å². The van der Waals surface area contributed by atoms with E-state index in [-0.39, 0.29) is 23.7 Å². The molecule has 1 fully saturated rings. The first-order valence-corrected chi connectivity index (χ1v) is 8.00. The summed E-state index contributed by atoms with van der Waals surface area (Å²) in [5.74, 6) is -0.604. The molecule has 0 unspecified atom stereocenters. The van der Waals surface area contributed by atoms with Crippen molar-refractivity contribution in [1.29, 1.82) is 0 Å². The summed E-state index contributed by atoms with van der Waals surface area (Å²) in [5.41, 5.74) is -0.455. The van der Waals surface area contributed by atoms with E-state index in [0.29, 0.717) is 6.54 Å². The van der Waals surface area contributed by atoms with Crippen molar-refractivity contribution in [3.05, 3.63) is 39.9 Å². The summed E-state index contributed by atoms with van der Waals surface area (Å²) in [6.45, 7) is 7.95. The summed E-state index contributed by atoms with van der Waals surface area (Å²) in [7, 11) is 0. The van der Waals surface area contributed by atoms with Crippen LogP contribution in [0.2, 0.25) is 0 Å². The molecule has 1 aliphatic heterocycles. The molecule has 136 valence electrons. The van der Waals surface area contributed by atoms with E-state index in [1.54, 1.807) is 20.8 Å². The topological polar surface area (TPSA) is 99.0 Å². The highest BCUT2D eigenvalue weighted by molar-refractivity contribution is 5.89. The van der Waals surface area contributed by atoms with E-state index in [2.05, 4.69) is 0 Å². The largest absolute Gasteiger partial charge is 0.457 e. The fourth-order valence-corrected chi connectivity index (χ4v) is 2.49. The number of non-ortho nitro benzene ring substituents is 1. The average molecular weight is 350 g/mol. The van der Waals surface area contributed by atoms with Crippen molar-refractivity contribution in [2.75, 3.05) is 13.1 Å². The number of ether oxygens (including phenoxy) is 2. The van der Waals surface area contributed by atoms with Crippen LogP contribution >= 0.6 is 0 Å². The maximum Gasteiger partial charge on any atom is 0.410 e. The van der Waals surface area contributed by atoms with Crippen LogP contribution < -0.4 is 0 Å². The summed E-state index contributed by atoms with van der Waals surface area (Å²) in [5, 5.41) is 10.6. The molecule has 25 heavy (non-hydrogen) atoms. The standard InChI is InChI=1S/C17H22N2O6/c1-11-9-18(16(21)25-17(2,3)4)10-14(11)24-15(20)12-5-7-13(8-6-12)19(22)23/h5-8,11,14H,9-10H2,1-4H3/t11-,14+/m0/s1. The zero-order valence-corrected chi connectivity index (χ0v) is 14.7. The number of nitro groups is 1. The van der Waals surface area contributed by atoms with Crippen molar-refractivity contribution in [2.24, 2.45) is 5.92 Å². The van der Waals surface area contributed by atoms with Crippen molar-refractivity contribution in [3.63, 3.8) is 0 Å². The van der Waals surface area contributed by atoms with E-state index in [1.807, 2.05) is 6.92 Å². The number of likely N-dealkylation sites (tertiary alicyclic amines) is 1. The van der Waals surface area contributed by atoms with Gasteiger partial charge in [-0.2, -0.15) is 0 Å². The van der Waals surface area contributed by atoms with Gasteiger partial charge < -0.3 is 14.4 Å². The SMILES string of the molecule is C[C@H]1CN(C(=O)OC(C)(C)C)C[C@H]1OC(=O)c1ccc([N+](=O)[O-])cc1. The molecular weight excluding hydrogens is 328 g/mol. The van der Waals surface area contributed by atoms with Crippen LogP contribution in [0.25, 0.3) is 0 Å². The highest BCUT2D eigenvalue weighted by atomic mass is 16.6. The monoisotopic (exact) mass is 350 g/mol. The van der Waals surface area contributed by atoms with Crippen molar-refractivity contribution in [2.45, 2.75) is 39.4 Å². The van der Waals surface area contributed by atoms with Crippen LogP contribution in [-0.4, -0.2) is 46.7 Å². The van der Waals surface area contributed by atoms with Crippen LogP contribution in [0.3, 0.4) is 0 Å². The molecule has 1 saturated heterocycles. The number of esters is 1. The first-order valence-electron chi connectivity index (χ1n) is 8.00. The molecule has 1 heterocycles. The molecule has 2 rings (SSSR count). The molecule has 0 N–H and O–H groups in total. The van der Waals surface area contributed by atoms with Gasteiger partial charge in [-0.3, -0.25) is 10.1 Å². The second kappa shape index (κ2) is 7.08. The van der Waals surface area contributed by atoms with Gasteiger partial charge in [0.1, 0.15) is 11.7 Å². The van der Waals surface area contributed by atoms with Gasteiger partial charge in [-0.25, -0.2) is 9.59 Å². The maximum absolute atomic E-state index is 12.2. The van der Waals surface area contributed by atoms with E-state index in [9.17, 15) is 19.7 Å². The van der Waals surface area contributed by atoms with Gasteiger partial charge >= 0.3 is 12.1 Å². The average Bonchev–Trinajstić information content (AvgIpc) is 2.87. The molecule has 1 amide bonds. The van der Waals surface area contributed by atoms with E-state index in [0.717, 1.165) is 0 Å². The van der Waals surface area contributed by atoms with E-state index < -0.39 is 28.7 Å². The van der Waals surface area contributed by atoms with Gasteiger partial charge in [0.05, 0.1) is 17.0 Å². The Hall–Kier alpha value is -2.64. The summed E-state index contributed by atoms with van der Waals surface area (Å²) in [6.07, 6.45) is -0.886. The third-order valence-corrected chi connectivity index (χ3v) is 3.77. The number of nitrogens with zero attached hydrogens (tertiary/aromatic N) is 2. The van der Waals surface area contributed by atoms with Gasteiger partial charge in [0.15, 0.2) is 0 Å². The third kappa shape index (κ3) is 4.91. The summed E-state index contributed by atoms with van der Waals surface area (Å²) >= 11 is 0. The predicted molar refractivity (Wildman–Crippen MR) is 89.3 cm³/mol. The lowest BCUT2D eigenvalue weighted by atomic mass is 10.1. The summed E-state index contributed by atoms with van der Waals surface area (Å²) in [6, 6.07) is 5.21. The second-order valence-electron chi connectivity index (χ2n) is 7.11. The number of carbonyl (C=O) groups is 2. The fraction of sp³-hybridized carbons (Fsp3) is 0.529. The zero-order chi connectivity index (χ0) is 18.8. The molecule has 0 aromatic heterocycles. The van der Waals surface area contributed by atoms with Gasteiger partial charge in [-0.1, -0.05) is 6.92 Å². The quantitative estimate of drug-likeness (QED) is 0.472. The summed E-state index contributed by atoms with van der Waals surface area (Å²) in [4.78, 5) is 35.9. The second-order valence-corrected chi connectivity index (χ2v) is 7.11. The number of carbonyl (C=O) groups excluding carboxylic acids is 2. The first-order chi connectivity index (χ1) is 11.6. The lowest BCUT2D eigenvalue weighted by Gasteiger charge is -2.24. The van der Waals surface area contributed by atoms with Crippen molar-refractivity contribution in [3.8, 4) is 0 Å². The lowest BCUT2D eigenvalue weighted by Crippen LogP contribution is -2.36. The smallest absolute Gasteiger partial charge is 0.410 e. The normalized spacial score (nSPS) is 20.2. The molecule has 0 aliphatic carbocycles. The lowest BCUT2D eigenvalue weighted by molar-refractivity contribution is -0.384. The highest BCUT2D eigenvalue weighted by Crippen LogP contribution is 2.23. The molecule has 0 spiro atoms. The molecule has 8 heteroatoms. The Balaban J connectivity index is 1.97. The maximum atomic E-state index is 12.2. The van der Waals surface area contributed by atoms with E-state index in [1.165, 1.54) is 29.2 Å². The molecule has 0 bridgehead atoms. The minimum absolute atomic E-state index is 0.0329. The zero-order valence-electron chi connectivity index (χ0n) is 14.7. The predicted octanol–water partition coefficient (Wildman–Crippen LogP) is 3.01. The Morgan fingerprint density at radius 3 is 2.32 bits per heavy atom. The Kier molecular flexibility index (Phi) is 5.30. The van der Waals surface area contributed by atoms with Crippen molar-refractivity contribution in [1.82, 2.24) is 4.90 Å². The van der Waals surface area contributed by atoms with Crippen LogP contribution in [0.5, 0.6) is 0 Å². The Morgan fingerprint density at radius 2 is 1.80 bits per heavy atom. The van der Waals surface area contributed by atoms with Gasteiger partial charge in [0.25, 0.3) is 5.69 Å². The molecule has 8 nitrogen and oxygen atoms in total. The van der Waals surface area contributed by atoms with Crippen LogP contribution in [0.15, 0.2) is 24.3 Å². The molecule has 1 aromatic carbocycles. The molecule has 0 radical (unpaired) electrons. The van der Waals surface area contributed by atoms with Gasteiger partial charge in [0.2, 0.25) is 0 Å².